The molecule has 4 heteroatoms. The van der Waals surface area contributed by atoms with E-state index in [4.69, 9.17) is 10.7 Å². The molecule has 106 valence electrons. The van der Waals surface area contributed by atoms with Crippen LogP contribution in [0.4, 0.5) is 5.82 Å². The van der Waals surface area contributed by atoms with Gasteiger partial charge in [0.05, 0.1) is 5.39 Å². The maximum Gasteiger partial charge on any atom is 0.164 e. The lowest BCUT2D eigenvalue weighted by Crippen LogP contribution is -1.99. The van der Waals surface area contributed by atoms with E-state index >= 15 is 0 Å². The molecule has 0 aliphatic heterocycles. The molecule has 0 amide bonds. The van der Waals surface area contributed by atoms with Crippen molar-refractivity contribution in [2.24, 2.45) is 0 Å². The average molecular weight is 278 g/mol. The third kappa shape index (κ3) is 1.90. The van der Waals surface area contributed by atoms with Gasteiger partial charge in [-0.05, 0) is 43.7 Å². The molecular weight excluding hydrogens is 260 g/mol. The summed E-state index contributed by atoms with van der Waals surface area (Å²) in [6.45, 7) is 4.16. The first-order chi connectivity index (χ1) is 10.1. The summed E-state index contributed by atoms with van der Waals surface area (Å²) in [5.74, 6) is 1.92. The number of nitrogens with two attached hydrogens (primary N) is 1. The zero-order valence-corrected chi connectivity index (χ0v) is 12.3. The molecule has 1 fully saturated rings. The Labute approximate surface area is 123 Å². The molecule has 0 radical (unpaired) electrons. The smallest absolute Gasteiger partial charge is 0.164 e. The largest absolute Gasteiger partial charge is 0.383 e. The first-order valence-corrected chi connectivity index (χ1v) is 7.37. The first kappa shape index (κ1) is 12.4. The summed E-state index contributed by atoms with van der Waals surface area (Å²) in [4.78, 5) is 12.7. The van der Waals surface area contributed by atoms with Gasteiger partial charge in [-0.15, -0.1) is 0 Å². The molecule has 0 atom stereocenters. The summed E-state index contributed by atoms with van der Waals surface area (Å²) < 4.78 is 0. The standard InChI is InChI=1S/C17H18N4/c1-9-5-3-4-6-12(9)16-20-15(18)14-13(11-7-8-11)10(2)19-17(14)21-16/h3-6,11H,7-8H2,1-2H3,(H3,18,19,20,21). The number of H-pyrrole nitrogens is 1. The van der Waals surface area contributed by atoms with Gasteiger partial charge in [0.25, 0.3) is 0 Å². The van der Waals surface area contributed by atoms with Crippen molar-refractivity contribution in [3.8, 4) is 11.4 Å². The zero-order valence-electron chi connectivity index (χ0n) is 12.3. The second-order valence-electron chi connectivity index (χ2n) is 5.91. The Bertz CT molecular complexity index is 843. The van der Waals surface area contributed by atoms with Crippen molar-refractivity contribution >= 4 is 16.9 Å². The van der Waals surface area contributed by atoms with Crippen LogP contribution in [0.15, 0.2) is 24.3 Å². The van der Waals surface area contributed by atoms with Crippen molar-refractivity contribution in [2.75, 3.05) is 5.73 Å². The van der Waals surface area contributed by atoms with Gasteiger partial charge in [-0.3, -0.25) is 0 Å². The highest BCUT2D eigenvalue weighted by Crippen LogP contribution is 2.46. The Morgan fingerprint density at radius 1 is 1.14 bits per heavy atom. The first-order valence-electron chi connectivity index (χ1n) is 7.37. The fourth-order valence-corrected chi connectivity index (χ4v) is 3.09. The zero-order chi connectivity index (χ0) is 14.6. The third-order valence-corrected chi connectivity index (χ3v) is 4.29. The van der Waals surface area contributed by atoms with Crippen molar-refractivity contribution < 1.29 is 0 Å². The number of rotatable bonds is 2. The van der Waals surface area contributed by atoms with Crippen molar-refractivity contribution in [2.45, 2.75) is 32.6 Å². The number of aromatic nitrogens is 3. The minimum absolute atomic E-state index is 0.588. The topological polar surface area (TPSA) is 67.6 Å². The van der Waals surface area contributed by atoms with Crippen LogP contribution in [0.5, 0.6) is 0 Å². The number of hydrogen-bond acceptors (Lipinski definition) is 3. The van der Waals surface area contributed by atoms with Crippen LogP contribution < -0.4 is 5.73 Å². The number of hydrogen-bond donors (Lipinski definition) is 2. The Balaban J connectivity index is 1.96. The second-order valence-corrected chi connectivity index (χ2v) is 5.91. The molecule has 0 unspecified atom stereocenters. The number of nitrogens with zero attached hydrogens (tertiary/aromatic N) is 2. The molecule has 1 aromatic carbocycles. The van der Waals surface area contributed by atoms with E-state index in [1.165, 1.54) is 24.1 Å². The van der Waals surface area contributed by atoms with Gasteiger partial charge in [-0.2, -0.15) is 0 Å². The van der Waals surface area contributed by atoms with Gasteiger partial charge in [0, 0.05) is 11.3 Å². The Morgan fingerprint density at radius 2 is 1.90 bits per heavy atom. The van der Waals surface area contributed by atoms with E-state index in [9.17, 15) is 0 Å². The Kier molecular flexibility index (Phi) is 2.55. The van der Waals surface area contributed by atoms with Gasteiger partial charge in [0.1, 0.15) is 11.5 Å². The molecule has 4 nitrogen and oxygen atoms in total. The minimum atomic E-state index is 0.588. The Morgan fingerprint density at radius 3 is 2.62 bits per heavy atom. The summed E-state index contributed by atoms with van der Waals surface area (Å²) in [6.07, 6.45) is 2.49. The van der Waals surface area contributed by atoms with Crippen molar-refractivity contribution in [1.82, 2.24) is 15.0 Å². The van der Waals surface area contributed by atoms with E-state index < -0.39 is 0 Å². The Hall–Kier alpha value is -2.36. The third-order valence-electron chi connectivity index (χ3n) is 4.29. The molecule has 1 aliphatic carbocycles. The predicted molar refractivity (Wildman–Crippen MR) is 85.2 cm³/mol. The number of nitrogens with one attached hydrogen (secondary N) is 1. The highest BCUT2D eigenvalue weighted by molar-refractivity contribution is 5.92. The highest BCUT2D eigenvalue weighted by atomic mass is 15.0. The number of anilines is 1. The SMILES string of the molecule is Cc1ccccc1-c1nc(N)c2c(C3CC3)c(C)[nH]c2n1. The van der Waals surface area contributed by atoms with E-state index in [-0.39, 0.29) is 0 Å². The number of fused-ring (bicyclic) bond motifs is 1. The van der Waals surface area contributed by atoms with Crippen LogP contribution in [-0.2, 0) is 0 Å². The van der Waals surface area contributed by atoms with E-state index in [0.717, 1.165) is 22.2 Å². The predicted octanol–water partition coefficient (Wildman–Crippen LogP) is 3.70. The summed E-state index contributed by atoms with van der Waals surface area (Å²) in [7, 11) is 0. The second kappa shape index (κ2) is 4.32. The van der Waals surface area contributed by atoms with Crippen molar-refractivity contribution in [3.05, 3.63) is 41.1 Å². The average Bonchev–Trinajstić information content (AvgIpc) is 3.22. The summed E-state index contributed by atoms with van der Waals surface area (Å²) in [5.41, 5.74) is 11.8. The van der Waals surface area contributed by atoms with Crippen molar-refractivity contribution in [3.63, 3.8) is 0 Å². The van der Waals surface area contributed by atoms with Gasteiger partial charge in [-0.25, -0.2) is 9.97 Å². The molecule has 2 heterocycles. The fraction of sp³-hybridized carbons (Fsp3) is 0.294. The summed E-state index contributed by atoms with van der Waals surface area (Å²) in [5, 5.41) is 1.02. The molecule has 2 aromatic heterocycles. The number of benzene rings is 1. The highest BCUT2D eigenvalue weighted by Gasteiger charge is 2.30. The quantitative estimate of drug-likeness (QED) is 0.751. The van der Waals surface area contributed by atoms with Gasteiger partial charge in [0.15, 0.2) is 5.82 Å². The number of aromatic amines is 1. The molecular formula is C17H18N4. The maximum absolute atomic E-state index is 6.25. The number of nitrogen functional groups attached to an aromatic ring is 1. The van der Waals surface area contributed by atoms with Crippen molar-refractivity contribution in [1.29, 1.82) is 0 Å². The van der Waals surface area contributed by atoms with Crippen LogP contribution in [0.1, 0.15) is 35.6 Å². The molecule has 0 spiro atoms. The molecule has 3 N–H and O–H groups in total. The normalized spacial score (nSPS) is 14.8. The fourth-order valence-electron chi connectivity index (χ4n) is 3.09. The molecule has 21 heavy (non-hydrogen) atoms. The van der Waals surface area contributed by atoms with E-state index in [2.05, 4.69) is 29.9 Å². The molecule has 0 saturated heterocycles. The van der Waals surface area contributed by atoms with Crippen LogP contribution in [0.3, 0.4) is 0 Å². The summed E-state index contributed by atoms with van der Waals surface area (Å²) in [6, 6.07) is 8.12. The van der Waals surface area contributed by atoms with E-state index in [1.54, 1.807) is 0 Å². The van der Waals surface area contributed by atoms with Crippen LogP contribution in [0.2, 0.25) is 0 Å². The van der Waals surface area contributed by atoms with E-state index in [0.29, 0.717) is 17.6 Å². The van der Waals surface area contributed by atoms with Crippen LogP contribution in [0.25, 0.3) is 22.4 Å². The van der Waals surface area contributed by atoms with Gasteiger partial charge < -0.3 is 10.7 Å². The van der Waals surface area contributed by atoms with Gasteiger partial charge in [0.2, 0.25) is 0 Å². The summed E-state index contributed by atoms with van der Waals surface area (Å²) >= 11 is 0. The van der Waals surface area contributed by atoms with Crippen LogP contribution in [-0.4, -0.2) is 15.0 Å². The lowest BCUT2D eigenvalue weighted by Gasteiger charge is -2.06. The molecule has 4 rings (SSSR count). The number of aryl methyl sites for hydroxylation is 2. The van der Waals surface area contributed by atoms with E-state index in [1.807, 2.05) is 18.2 Å². The molecule has 1 aliphatic rings. The molecule has 0 bridgehead atoms. The van der Waals surface area contributed by atoms with Crippen LogP contribution in [0, 0.1) is 13.8 Å². The maximum atomic E-state index is 6.25. The monoisotopic (exact) mass is 278 g/mol. The molecule has 1 saturated carbocycles. The molecule has 3 aromatic rings. The van der Waals surface area contributed by atoms with Crippen LogP contribution >= 0.6 is 0 Å². The minimum Gasteiger partial charge on any atom is -0.383 e. The lowest BCUT2D eigenvalue weighted by molar-refractivity contribution is 1.10. The van der Waals surface area contributed by atoms with Gasteiger partial charge in [-0.1, -0.05) is 24.3 Å². The van der Waals surface area contributed by atoms with Gasteiger partial charge >= 0.3 is 0 Å². The lowest BCUT2D eigenvalue weighted by atomic mass is 10.1.